The van der Waals surface area contributed by atoms with Crippen LogP contribution in [0.5, 0.6) is 5.75 Å². The first-order valence-electron chi connectivity index (χ1n) is 33.5. The molecule has 1 aromatic carbocycles. The van der Waals surface area contributed by atoms with Crippen molar-refractivity contribution in [3.63, 3.8) is 0 Å². The van der Waals surface area contributed by atoms with Crippen LogP contribution in [-0.4, -0.2) is 97.7 Å². The number of piperidine rings is 2. The van der Waals surface area contributed by atoms with Crippen molar-refractivity contribution in [2.24, 2.45) is 11.8 Å². The number of nitrogens with zero attached hydrogens (tertiary/aromatic N) is 2. The number of ether oxygens (including phenoxy) is 4. The summed E-state index contributed by atoms with van der Waals surface area (Å²) in [6.07, 6.45) is 52.9. The lowest BCUT2D eigenvalue weighted by Gasteiger charge is -2.32. The zero-order chi connectivity index (χ0) is 58.9. The average Bonchev–Trinajstić information content (AvgIpc) is 3.75. The molecule has 466 valence electrons. The van der Waals surface area contributed by atoms with Gasteiger partial charge in [0.1, 0.15) is 5.75 Å². The highest BCUT2D eigenvalue weighted by Gasteiger charge is 2.22. The largest absolute Gasteiger partial charge is 0.465 e. The van der Waals surface area contributed by atoms with Crippen LogP contribution < -0.4 is 4.74 Å². The molecule has 2 heterocycles. The van der Waals surface area contributed by atoms with Gasteiger partial charge in [-0.3, -0.25) is 19.2 Å². The molecule has 4 rings (SSSR count). The minimum Gasteiger partial charge on any atom is -0.465 e. The number of benzene rings is 1. The molecule has 83 heavy (non-hydrogen) atoms. The Balaban J connectivity index is 0.894. The molecule has 2 aliphatic heterocycles. The fraction of sp³-hybridized carbons (Fsp3) is 0.718. The number of carbonyl (C=O) groups excluding carboxylic acids is 4. The van der Waals surface area contributed by atoms with E-state index in [0.717, 1.165) is 152 Å². The van der Waals surface area contributed by atoms with E-state index < -0.39 is 0 Å². The Kier molecular flexibility index (Phi) is 42.7. The van der Waals surface area contributed by atoms with Crippen molar-refractivity contribution in [2.45, 2.75) is 251 Å². The monoisotopic (exact) mass is 1180 g/mol. The summed E-state index contributed by atoms with van der Waals surface area (Å²) >= 11 is 0. The molecule has 0 unspecified atom stereocenters. The maximum absolute atomic E-state index is 12.7. The van der Waals surface area contributed by atoms with Gasteiger partial charge in [-0.25, -0.2) is 0 Å². The van der Waals surface area contributed by atoms with Crippen molar-refractivity contribution in [1.29, 1.82) is 0 Å². The van der Waals surface area contributed by atoms with Gasteiger partial charge >= 0.3 is 23.9 Å². The van der Waals surface area contributed by atoms with Crippen molar-refractivity contribution in [1.82, 2.24) is 9.80 Å². The van der Waals surface area contributed by atoms with Gasteiger partial charge in [0.05, 0.1) is 26.1 Å². The van der Waals surface area contributed by atoms with E-state index in [-0.39, 0.29) is 36.7 Å². The van der Waals surface area contributed by atoms with E-state index in [0.29, 0.717) is 55.8 Å². The Hall–Kier alpha value is -3.76. The van der Waals surface area contributed by atoms with E-state index >= 15 is 0 Å². The first kappa shape index (κ1) is 71.7. The Labute approximate surface area is 513 Å². The van der Waals surface area contributed by atoms with Gasteiger partial charge in [-0.05, 0) is 176 Å². The number of allylic oxidation sites excluding steroid dienone is 7. The average molecular weight is 1190 g/mol. The number of hydrogen-bond donors (Lipinski definition) is 0. The maximum atomic E-state index is 12.7. The zero-order valence-corrected chi connectivity index (χ0v) is 53.8. The zero-order valence-electron chi connectivity index (χ0n) is 52.1. The van der Waals surface area contributed by atoms with Gasteiger partial charge in [0.2, 0.25) is 0 Å². The Bertz CT molecular complexity index is 2060. The molecule has 12 heteroatoms. The van der Waals surface area contributed by atoms with Crippen LogP contribution in [0.4, 0.5) is 0 Å². The van der Waals surface area contributed by atoms with Gasteiger partial charge in [-0.2, -0.15) is 0 Å². The van der Waals surface area contributed by atoms with E-state index in [9.17, 15) is 19.2 Å². The molecule has 0 aromatic heterocycles. The second kappa shape index (κ2) is 49.4. The molecular weight excluding hydrogens is 1070 g/mol. The van der Waals surface area contributed by atoms with Crippen molar-refractivity contribution in [3.8, 4) is 17.6 Å². The maximum Gasteiger partial charge on any atom is 0.311 e. The fourth-order valence-electron chi connectivity index (χ4n) is 11.0. The number of rotatable bonds is 49. The summed E-state index contributed by atoms with van der Waals surface area (Å²) in [5.74, 6) is 9.44. The van der Waals surface area contributed by atoms with E-state index in [2.05, 4.69) is 59.8 Å². The van der Waals surface area contributed by atoms with Crippen LogP contribution in [0.25, 0.3) is 0 Å². The molecule has 1 aromatic rings. The Morgan fingerprint density at radius 1 is 0.506 bits per heavy atom. The molecule has 1 aliphatic carbocycles. The lowest BCUT2D eigenvalue weighted by Crippen LogP contribution is -2.36. The summed E-state index contributed by atoms with van der Waals surface area (Å²) in [7, 11) is 3.97. The highest BCUT2D eigenvalue weighted by Crippen LogP contribution is 2.27. The third kappa shape index (κ3) is 38.8. The molecule has 2 saturated heterocycles. The minimum absolute atomic E-state index is 0.197. The van der Waals surface area contributed by atoms with Crippen LogP contribution in [0.1, 0.15) is 251 Å². The smallest absolute Gasteiger partial charge is 0.311 e. The van der Waals surface area contributed by atoms with Crippen molar-refractivity contribution < 1.29 is 38.1 Å². The third-order valence-electron chi connectivity index (χ3n) is 16.4. The van der Waals surface area contributed by atoms with Gasteiger partial charge < -0.3 is 28.7 Å². The SMILES string of the molecule is CCCCCCCC/C=C\CCCCCCCC(=O)OC1=CC=C(CC(=O)OCCC2CCN(CCSSCCN3CCC(CCOC(=O)Cc4ccc(OC(=O)CCCCCCC/C=C\CCCCCCCC)cc4)CC3)CC2)CC#C1. The fourth-order valence-corrected chi connectivity index (χ4v) is 13.1. The molecule has 2 fully saturated rings. The van der Waals surface area contributed by atoms with Crippen LogP contribution in [0.3, 0.4) is 0 Å². The quantitative estimate of drug-likeness (QED) is 0.0118. The molecule has 0 radical (unpaired) electrons. The Morgan fingerprint density at radius 3 is 1.40 bits per heavy atom. The molecule has 0 bridgehead atoms. The normalized spacial score (nSPS) is 15.4. The van der Waals surface area contributed by atoms with Gasteiger partial charge in [0.25, 0.3) is 0 Å². The van der Waals surface area contributed by atoms with Crippen LogP contribution in [-0.2, 0) is 39.8 Å². The summed E-state index contributed by atoms with van der Waals surface area (Å²) in [6.45, 7) is 12.1. The van der Waals surface area contributed by atoms with Crippen LogP contribution in [0, 0.1) is 23.7 Å². The molecular formula is C71H112N2O8S2. The van der Waals surface area contributed by atoms with Gasteiger partial charge in [0, 0.05) is 43.9 Å². The lowest BCUT2D eigenvalue weighted by atomic mass is 9.94. The highest BCUT2D eigenvalue weighted by molar-refractivity contribution is 8.76. The molecule has 0 amide bonds. The number of carbonyl (C=O) groups is 4. The summed E-state index contributed by atoms with van der Waals surface area (Å²) in [6, 6.07) is 7.24. The third-order valence-corrected chi connectivity index (χ3v) is 18.8. The van der Waals surface area contributed by atoms with Crippen molar-refractivity contribution >= 4 is 45.5 Å². The van der Waals surface area contributed by atoms with Crippen molar-refractivity contribution in [3.05, 3.63) is 77.6 Å². The first-order chi connectivity index (χ1) is 40.8. The standard InChI is InChI=1S/C71H112N2O8S2/c1-3-5-7-9-11-13-15-17-19-21-23-25-27-29-31-36-68(74)80-66-35-33-34-64(38-41-66)60-70(76)78-56-48-62-44-50-72(51-45-62)54-58-82-83-59-55-73-52-46-63(47-53-73)49-57-79-71(77)61-65-39-42-67(43-40-65)81-69(75)37-32-30-28-26-24-22-20-18-16-14-12-10-8-6-4-2/h17-20,38-43,62-63H,3-16,21-32,34,36-37,44-61H2,1-2H3/b19-17-,20-18-. The number of esters is 4. The molecule has 10 nitrogen and oxygen atoms in total. The Morgan fingerprint density at radius 2 is 0.928 bits per heavy atom. The highest BCUT2D eigenvalue weighted by atomic mass is 33.1. The van der Waals surface area contributed by atoms with Crippen molar-refractivity contribution in [2.75, 3.05) is 64.0 Å². The van der Waals surface area contributed by atoms with Gasteiger partial charge in [-0.1, -0.05) is 187 Å². The molecule has 0 spiro atoms. The van der Waals surface area contributed by atoms with Crippen LogP contribution >= 0.6 is 21.6 Å². The predicted molar refractivity (Wildman–Crippen MR) is 348 cm³/mol. The second-order valence-corrected chi connectivity index (χ2v) is 26.4. The summed E-state index contributed by atoms with van der Waals surface area (Å²) in [5, 5.41) is 0. The van der Waals surface area contributed by atoms with E-state index in [1.165, 1.54) is 116 Å². The van der Waals surface area contributed by atoms with E-state index in [1.54, 1.807) is 18.2 Å². The number of likely N-dealkylation sites (tertiary alicyclic amines) is 2. The number of hydrogen-bond acceptors (Lipinski definition) is 12. The van der Waals surface area contributed by atoms with Crippen LogP contribution in [0.2, 0.25) is 0 Å². The van der Waals surface area contributed by atoms with E-state index in [1.807, 2.05) is 39.8 Å². The molecule has 3 aliphatic rings. The summed E-state index contributed by atoms with van der Waals surface area (Å²) in [4.78, 5) is 55.4. The topological polar surface area (TPSA) is 112 Å². The lowest BCUT2D eigenvalue weighted by molar-refractivity contribution is -0.144. The van der Waals surface area contributed by atoms with Gasteiger partial charge in [-0.15, -0.1) is 0 Å². The van der Waals surface area contributed by atoms with Gasteiger partial charge in [0.15, 0.2) is 5.76 Å². The molecule has 0 saturated carbocycles. The van der Waals surface area contributed by atoms with E-state index in [4.69, 9.17) is 18.9 Å². The number of unbranched alkanes of at least 4 members (excludes halogenated alkanes) is 22. The second-order valence-electron chi connectivity index (χ2n) is 23.7. The summed E-state index contributed by atoms with van der Waals surface area (Å²) in [5.41, 5.74) is 1.73. The predicted octanol–water partition coefficient (Wildman–Crippen LogP) is 18.0. The summed E-state index contributed by atoms with van der Waals surface area (Å²) < 4.78 is 22.4. The molecule has 0 atom stereocenters. The molecule has 0 N–H and O–H groups in total. The van der Waals surface area contributed by atoms with Crippen LogP contribution in [0.15, 0.2) is 72.1 Å². The minimum atomic E-state index is -0.243. The first-order valence-corrected chi connectivity index (χ1v) is 36.0.